The van der Waals surface area contributed by atoms with Gasteiger partial charge in [0.15, 0.2) is 0 Å². The molecule has 0 aliphatic carbocycles. The van der Waals surface area contributed by atoms with Crippen molar-refractivity contribution in [1.29, 1.82) is 0 Å². The molecule has 0 N–H and O–H groups in total. The van der Waals surface area contributed by atoms with Crippen molar-refractivity contribution in [1.82, 2.24) is 9.55 Å². The van der Waals surface area contributed by atoms with Crippen molar-refractivity contribution in [2.75, 3.05) is 9.80 Å². The van der Waals surface area contributed by atoms with Crippen LogP contribution in [-0.2, 0) is 37.3 Å². The van der Waals surface area contributed by atoms with Gasteiger partial charge in [-0.2, -0.15) is 12.1 Å². The molecule has 0 bridgehead atoms. The predicted octanol–water partition coefficient (Wildman–Crippen LogP) is 13.8. The van der Waals surface area contributed by atoms with Crippen molar-refractivity contribution < 1.29 is 25.8 Å². The van der Waals surface area contributed by atoms with Crippen LogP contribution >= 0.6 is 0 Å². The number of anilines is 4. The minimum atomic E-state index is -0.122. The fourth-order valence-electron chi connectivity index (χ4n) is 8.14. The Bertz CT molecular complexity index is 2630. The molecule has 2 aromatic heterocycles. The van der Waals surface area contributed by atoms with Gasteiger partial charge in [0.25, 0.3) is 0 Å². The molecule has 0 unspecified atom stereocenters. The number of ether oxygens (including phenoxy) is 1. The van der Waals surface area contributed by atoms with Crippen LogP contribution in [0.5, 0.6) is 11.5 Å². The summed E-state index contributed by atoms with van der Waals surface area (Å²) in [5.41, 5.74) is 13.9. The summed E-state index contributed by atoms with van der Waals surface area (Å²) in [6.45, 7) is 29.3. The SMILES string of the molecule is Cc1cc(C)c(N2[CH-]N(c3[c-]c(Oc4[c-]c5c(cc4)c4ccccc4n5-c4cc(C(C)(C)C)ccn4)ccc3)c3c2cc(C(C)(C)C)cc3C(C)(C)C)c(C)c1.[Pt]. The average Bonchev–Trinajstić information content (AvgIpc) is 3.66. The summed E-state index contributed by atoms with van der Waals surface area (Å²) in [6.07, 6.45) is 1.91. The zero-order chi connectivity index (χ0) is 39.9. The van der Waals surface area contributed by atoms with Gasteiger partial charge in [0.05, 0.1) is 0 Å². The van der Waals surface area contributed by atoms with Crippen molar-refractivity contribution in [3.63, 3.8) is 0 Å². The number of hydrogen-bond donors (Lipinski definition) is 0. The number of rotatable bonds is 5. The van der Waals surface area contributed by atoms with E-state index in [-0.39, 0.29) is 37.3 Å². The molecule has 57 heavy (non-hydrogen) atoms. The normalized spacial score (nSPS) is 13.3. The molecule has 0 amide bonds. The fourth-order valence-corrected chi connectivity index (χ4v) is 8.14. The van der Waals surface area contributed by atoms with E-state index < -0.39 is 0 Å². The van der Waals surface area contributed by atoms with Gasteiger partial charge in [-0.15, -0.1) is 48.1 Å². The van der Waals surface area contributed by atoms with Gasteiger partial charge < -0.3 is 19.1 Å². The maximum atomic E-state index is 6.66. The van der Waals surface area contributed by atoms with Gasteiger partial charge in [0.2, 0.25) is 0 Å². The number of aromatic nitrogens is 2. The van der Waals surface area contributed by atoms with E-state index in [1.54, 1.807) is 0 Å². The van der Waals surface area contributed by atoms with Crippen LogP contribution in [0, 0.1) is 39.6 Å². The van der Waals surface area contributed by atoms with Crippen LogP contribution in [0.25, 0.3) is 27.6 Å². The number of pyridine rings is 1. The molecule has 0 spiro atoms. The quantitative estimate of drug-likeness (QED) is 0.161. The van der Waals surface area contributed by atoms with E-state index in [9.17, 15) is 0 Å². The van der Waals surface area contributed by atoms with Crippen molar-refractivity contribution in [2.24, 2.45) is 0 Å². The molecule has 5 nitrogen and oxygen atoms in total. The summed E-state index contributed by atoms with van der Waals surface area (Å²) in [5, 5.41) is 2.25. The average molecular weight is 933 g/mol. The summed E-state index contributed by atoms with van der Waals surface area (Å²) in [5.74, 6) is 2.10. The molecular weight excluding hydrogens is 880 g/mol. The van der Waals surface area contributed by atoms with Crippen LogP contribution in [0.3, 0.4) is 0 Å². The molecule has 0 saturated carbocycles. The van der Waals surface area contributed by atoms with Gasteiger partial charge >= 0.3 is 0 Å². The zero-order valence-corrected chi connectivity index (χ0v) is 37.6. The van der Waals surface area contributed by atoms with Crippen molar-refractivity contribution in [3.8, 4) is 17.3 Å². The van der Waals surface area contributed by atoms with E-state index in [0.29, 0.717) is 11.5 Å². The van der Waals surface area contributed by atoms with Gasteiger partial charge in [0, 0.05) is 61.3 Å². The number of para-hydroxylation sites is 1. The Hall–Kier alpha value is -4.86. The minimum Gasteiger partial charge on any atom is -0.509 e. The number of nitrogens with zero attached hydrogens (tertiary/aromatic N) is 4. The van der Waals surface area contributed by atoms with E-state index in [4.69, 9.17) is 9.72 Å². The Morgan fingerprint density at radius 2 is 1.30 bits per heavy atom. The second-order valence-corrected chi connectivity index (χ2v) is 18.6. The first-order valence-electron chi connectivity index (χ1n) is 19.7. The Morgan fingerprint density at radius 3 is 1.98 bits per heavy atom. The Kier molecular flexibility index (Phi) is 10.3. The largest absolute Gasteiger partial charge is 0.509 e. The second kappa shape index (κ2) is 14.5. The second-order valence-electron chi connectivity index (χ2n) is 18.6. The maximum Gasteiger partial charge on any atom is 0.135 e. The fraction of sp³-hybridized carbons (Fsp3) is 0.294. The van der Waals surface area contributed by atoms with Gasteiger partial charge in [-0.05, 0) is 94.5 Å². The summed E-state index contributed by atoms with van der Waals surface area (Å²) in [7, 11) is 0. The van der Waals surface area contributed by atoms with Gasteiger partial charge in [0.1, 0.15) is 5.82 Å². The van der Waals surface area contributed by atoms with E-state index in [1.807, 2.05) is 18.3 Å². The Balaban J connectivity index is 0.00000496. The molecule has 0 saturated heterocycles. The first-order valence-corrected chi connectivity index (χ1v) is 19.7. The third kappa shape index (κ3) is 7.40. The number of aryl methyl sites for hydroxylation is 3. The van der Waals surface area contributed by atoms with Crippen LogP contribution in [0.4, 0.5) is 22.7 Å². The van der Waals surface area contributed by atoms with Crippen molar-refractivity contribution in [2.45, 2.75) is 99.3 Å². The van der Waals surface area contributed by atoms with E-state index in [1.165, 1.54) is 50.4 Å². The molecule has 296 valence electrons. The van der Waals surface area contributed by atoms with Crippen LogP contribution in [0.15, 0.2) is 97.2 Å². The van der Waals surface area contributed by atoms with Crippen LogP contribution in [-0.4, -0.2) is 9.55 Å². The molecule has 1 aliphatic rings. The molecular formula is C51H53N4OPt-3. The molecule has 0 fully saturated rings. The first kappa shape index (κ1) is 40.3. The molecule has 8 rings (SSSR count). The predicted molar refractivity (Wildman–Crippen MR) is 235 cm³/mol. The van der Waals surface area contributed by atoms with Gasteiger partial charge in [-0.25, -0.2) is 4.98 Å². The van der Waals surface area contributed by atoms with Crippen molar-refractivity contribution >= 4 is 44.6 Å². The van der Waals surface area contributed by atoms with E-state index in [0.717, 1.165) is 33.3 Å². The number of benzene rings is 5. The molecule has 1 aliphatic heterocycles. The van der Waals surface area contributed by atoms with E-state index in [2.05, 4.69) is 195 Å². The van der Waals surface area contributed by atoms with Crippen LogP contribution in [0.1, 0.15) is 95.7 Å². The maximum absolute atomic E-state index is 6.66. The summed E-state index contributed by atoms with van der Waals surface area (Å²) in [4.78, 5) is 9.53. The molecule has 7 aromatic rings. The third-order valence-electron chi connectivity index (χ3n) is 11.0. The smallest absolute Gasteiger partial charge is 0.135 e. The Labute approximate surface area is 354 Å². The summed E-state index contributed by atoms with van der Waals surface area (Å²) < 4.78 is 8.87. The molecule has 6 heteroatoms. The summed E-state index contributed by atoms with van der Waals surface area (Å²) in [6, 6.07) is 39.7. The molecule has 3 heterocycles. The third-order valence-corrected chi connectivity index (χ3v) is 11.0. The van der Waals surface area contributed by atoms with Crippen LogP contribution in [0.2, 0.25) is 0 Å². The molecule has 0 radical (unpaired) electrons. The Morgan fingerprint density at radius 1 is 0.614 bits per heavy atom. The molecule has 0 atom stereocenters. The standard InChI is InChI=1S/C51H53N4O.Pt/c1-32-24-33(2)47(34(3)25-32)54-31-53(48-42(51(10,11)12)26-36(27-45(48)54)50(7,8)9)37-16-15-17-38(29-37)56-39-20-21-41-40-18-13-14-19-43(40)55(44(41)30-39)46-28-35(22-23-52-46)49(4,5)6;/h13-28,31H,1-12H3;/q-3;. The minimum absolute atomic E-state index is 0. The van der Waals surface area contributed by atoms with Crippen LogP contribution < -0.4 is 14.5 Å². The van der Waals surface area contributed by atoms with Gasteiger partial charge in [-0.3, -0.25) is 0 Å². The zero-order valence-electron chi connectivity index (χ0n) is 35.3. The first-order chi connectivity index (χ1) is 26.4. The monoisotopic (exact) mass is 932 g/mol. The molecule has 5 aromatic carbocycles. The van der Waals surface area contributed by atoms with Crippen molar-refractivity contribution in [3.05, 3.63) is 149 Å². The number of hydrogen-bond acceptors (Lipinski definition) is 4. The summed E-state index contributed by atoms with van der Waals surface area (Å²) >= 11 is 0. The van der Waals surface area contributed by atoms with Gasteiger partial charge in [-0.1, -0.05) is 110 Å². The topological polar surface area (TPSA) is 33.5 Å². The van der Waals surface area contributed by atoms with E-state index >= 15 is 0 Å². The number of fused-ring (bicyclic) bond motifs is 4.